The van der Waals surface area contributed by atoms with Crippen molar-refractivity contribution in [2.75, 3.05) is 31.5 Å². The Morgan fingerprint density at radius 3 is 2.59 bits per heavy atom. The fourth-order valence-electron chi connectivity index (χ4n) is 3.21. The summed E-state index contributed by atoms with van der Waals surface area (Å²) in [4.78, 5) is 27.2. The summed E-state index contributed by atoms with van der Waals surface area (Å²) in [6.45, 7) is 4.05. The normalized spacial score (nSPS) is 13.8. The van der Waals surface area contributed by atoms with Crippen molar-refractivity contribution in [3.63, 3.8) is 0 Å². The second-order valence-electron chi connectivity index (χ2n) is 6.93. The summed E-state index contributed by atoms with van der Waals surface area (Å²) in [7, 11) is 1.87. The molecule has 0 saturated carbocycles. The number of amides is 2. The van der Waals surface area contributed by atoms with Gasteiger partial charge in [0, 0.05) is 25.4 Å². The van der Waals surface area contributed by atoms with Gasteiger partial charge in [0.25, 0.3) is 6.47 Å². The average molecular weight is 402 g/mol. The molecule has 9 nitrogen and oxygen atoms in total. The summed E-state index contributed by atoms with van der Waals surface area (Å²) >= 11 is 0. The number of nitrogens with one attached hydrogen (secondary N) is 2. The Morgan fingerprint density at radius 1 is 1.21 bits per heavy atom. The molecule has 0 spiro atoms. The van der Waals surface area contributed by atoms with Crippen molar-refractivity contribution < 1.29 is 14.7 Å². The number of hydrogen-bond acceptors (Lipinski definition) is 5. The molecule has 0 aliphatic carbocycles. The van der Waals surface area contributed by atoms with Gasteiger partial charge in [0.15, 0.2) is 0 Å². The molecule has 3 N–H and O–H groups in total. The smallest absolute Gasteiger partial charge is 0.319 e. The molecule has 0 atom stereocenters. The number of carbonyl (C=O) groups excluding carboxylic acids is 1. The number of aryl methyl sites for hydroxylation is 1. The molecular formula is C20H30N6O3. The highest BCUT2D eigenvalue weighted by Crippen LogP contribution is 2.17. The molecule has 3 heterocycles. The van der Waals surface area contributed by atoms with E-state index < -0.39 is 0 Å². The number of carbonyl (C=O) groups is 2. The van der Waals surface area contributed by atoms with Gasteiger partial charge in [-0.1, -0.05) is 6.42 Å². The van der Waals surface area contributed by atoms with Crippen molar-refractivity contribution in [2.24, 2.45) is 7.05 Å². The zero-order valence-corrected chi connectivity index (χ0v) is 16.9. The lowest BCUT2D eigenvalue weighted by atomic mass is 10.1. The highest BCUT2D eigenvalue weighted by Gasteiger charge is 2.09. The van der Waals surface area contributed by atoms with E-state index in [0.717, 1.165) is 30.6 Å². The van der Waals surface area contributed by atoms with Crippen molar-refractivity contribution in [3.8, 4) is 11.3 Å². The highest BCUT2D eigenvalue weighted by molar-refractivity contribution is 5.89. The number of hydrogen-bond donors (Lipinski definition) is 3. The van der Waals surface area contributed by atoms with Gasteiger partial charge in [0.2, 0.25) is 0 Å². The largest absolute Gasteiger partial charge is 0.483 e. The quantitative estimate of drug-likeness (QED) is 0.485. The van der Waals surface area contributed by atoms with E-state index in [2.05, 4.69) is 25.6 Å². The fraction of sp³-hybridized carbons (Fsp3) is 0.500. The summed E-state index contributed by atoms with van der Waals surface area (Å²) < 4.78 is 1.74. The molecule has 2 amide bonds. The second-order valence-corrected chi connectivity index (χ2v) is 6.93. The van der Waals surface area contributed by atoms with Gasteiger partial charge in [-0.25, -0.2) is 4.79 Å². The summed E-state index contributed by atoms with van der Waals surface area (Å²) in [6.07, 6.45) is 11.5. The van der Waals surface area contributed by atoms with Crippen LogP contribution in [0.5, 0.6) is 0 Å². The van der Waals surface area contributed by atoms with Crippen LogP contribution in [0.1, 0.15) is 32.1 Å². The van der Waals surface area contributed by atoms with Crippen molar-refractivity contribution in [1.82, 2.24) is 25.0 Å². The molecule has 0 aromatic carbocycles. The first-order valence-electron chi connectivity index (χ1n) is 9.92. The van der Waals surface area contributed by atoms with E-state index in [0.29, 0.717) is 12.2 Å². The molecule has 1 aliphatic heterocycles. The average Bonchev–Trinajstić information content (AvgIpc) is 3.16. The van der Waals surface area contributed by atoms with Crippen LogP contribution in [0.15, 0.2) is 30.7 Å². The van der Waals surface area contributed by atoms with Crippen LogP contribution in [0.2, 0.25) is 0 Å². The fourth-order valence-corrected chi connectivity index (χ4v) is 3.21. The van der Waals surface area contributed by atoms with Crippen molar-refractivity contribution in [2.45, 2.75) is 32.1 Å². The first-order chi connectivity index (χ1) is 14.1. The Kier molecular flexibility index (Phi) is 9.64. The lowest BCUT2D eigenvalue weighted by Crippen LogP contribution is -2.32. The maximum absolute atomic E-state index is 12.0. The highest BCUT2D eigenvalue weighted by atomic mass is 16.3. The molecule has 1 aliphatic rings. The van der Waals surface area contributed by atoms with Gasteiger partial charge in [-0.3, -0.25) is 14.5 Å². The Bertz CT molecular complexity index is 741. The second kappa shape index (κ2) is 12.5. The number of anilines is 1. The Balaban J connectivity index is 0.000000941. The van der Waals surface area contributed by atoms with Crippen LogP contribution in [0.3, 0.4) is 0 Å². The molecule has 0 unspecified atom stereocenters. The third kappa shape index (κ3) is 8.30. The van der Waals surface area contributed by atoms with E-state index in [1.165, 1.54) is 32.4 Å². The van der Waals surface area contributed by atoms with Gasteiger partial charge in [-0.15, -0.1) is 0 Å². The van der Waals surface area contributed by atoms with Gasteiger partial charge < -0.3 is 20.6 Å². The lowest BCUT2D eigenvalue weighted by molar-refractivity contribution is -0.122. The van der Waals surface area contributed by atoms with Crippen molar-refractivity contribution in [1.29, 1.82) is 0 Å². The Labute approximate surface area is 171 Å². The molecule has 29 heavy (non-hydrogen) atoms. The first kappa shape index (κ1) is 22.4. The standard InChI is InChI=1S/C19H28N6O.CH2O2/c1-24-15-16(13-22-24)18-8-7-17(14-21-18)23-19(26)20-9-3-6-12-25-10-4-2-5-11-25;2-1-3/h7-8,13-15H,2-6,9-12H2,1H3,(H2,20,23,26);1H,(H,2,3). The van der Waals surface area contributed by atoms with E-state index in [-0.39, 0.29) is 12.5 Å². The Morgan fingerprint density at radius 2 is 1.97 bits per heavy atom. The third-order valence-corrected chi connectivity index (χ3v) is 4.66. The Hall–Kier alpha value is -2.94. The molecule has 0 bridgehead atoms. The molecular weight excluding hydrogens is 372 g/mol. The number of unbranched alkanes of at least 4 members (excludes halogenated alkanes) is 1. The van der Waals surface area contributed by atoms with E-state index in [4.69, 9.17) is 9.90 Å². The molecule has 0 radical (unpaired) electrons. The number of likely N-dealkylation sites (tertiary alicyclic amines) is 1. The molecule has 3 rings (SSSR count). The molecule has 2 aromatic heterocycles. The summed E-state index contributed by atoms with van der Waals surface area (Å²) in [5, 5.41) is 16.8. The molecule has 9 heteroatoms. The van der Waals surface area contributed by atoms with E-state index >= 15 is 0 Å². The van der Waals surface area contributed by atoms with Gasteiger partial charge in [-0.05, 0) is 57.5 Å². The van der Waals surface area contributed by atoms with Crippen LogP contribution in [0.4, 0.5) is 10.5 Å². The van der Waals surface area contributed by atoms with Gasteiger partial charge in [0.1, 0.15) is 0 Å². The predicted molar refractivity (Wildman–Crippen MR) is 112 cm³/mol. The zero-order valence-electron chi connectivity index (χ0n) is 16.9. The molecule has 1 saturated heterocycles. The number of urea groups is 1. The van der Waals surface area contributed by atoms with Crippen LogP contribution in [-0.2, 0) is 11.8 Å². The number of pyridine rings is 1. The minimum absolute atomic E-state index is 0.182. The topological polar surface area (TPSA) is 112 Å². The monoisotopic (exact) mass is 402 g/mol. The molecule has 2 aromatic rings. The first-order valence-corrected chi connectivity index (χ1v) is 9.92. The molecule has 1 fully saturated rings. The van der Waals surface area contributed by atoms with Crippen LogP contribution in [0, 0.1) is 0 Å². The number of rotatable bonds is 7. The van der Waals surface area contributed by atoms with Crippen LogP contribution in [0.25, 0.3) is 11.3 Å². The minimum atomic E-state index is -0.250. The van der Waals surface area contributed by atoms with E-state index in [1.54, 1.807) is 17.1 Å². The van der Waals surface area contributed by atoms with Crippen LogP contribution < -0.4 is 10.6 Å². The number of piperidine rings is 1. The minimum Gasteiger partial charge on any atom is -0.483 e. The van der Waals surface area contributed by atoms with E-state index in [9.17, 15) is 4.79 Å². The maximum atomic E-state index is 12.0. The van der Waals surface area contributed by atoms with Crippen LogP contribution >= 0.6 is 0 Å². The van der Waals surface area contributed by atoms with Gasteiger partial charge >= 0.3 is 6.03 Å². The number of carboxylic acid groups (broad SMARTS) is 1. The van der Waals surface area contributed by atoms with E-state index in [1.807, 2.05) is 25.4 Å². The SMILES string of the molecule is Cn1cc(-c2ccc(NC(=O)NCCCCN3CCCCC3)cn2)cn1.O=CO. The van der Waals surface area contributed by atoms with Gasteiger partial charge in [0.05, 0.1) is 23.8 Å². The lowest BCUT2D eigenvalue weighted by Gasteiger charge is -2.26. The summed E-state index contributed by atoms with van der Waals surface area (Å²) in [5.41, 5.74) is 2.47. The van der Waals surface area contributed by atoms with Gasteiger partial charge in [-0.2, -0.15) is 5.10 Å². The number of aromatic nitrogens is 3. The number of nitrogens with zero attached hydrogens (tertiary/aromatic N) is 4. The predicted octanol–water partition coefficient (Wildman–Crippen LogP) is 2.57. The summed E-state index contributed by atoms with van der Waals surface area (Å²) in [5.74, 6) is 0. The van der Waals surface area contributed by atoms with Crippen molar-refractivity contribution in [3.05, 3.63) is 30.7 Å². The molecule has 158 valence electrons. The summed E-state index contributed by atoms with van der Waals surface area (Å²) in [6, 6.07) is 3.55. The maximum Gasteiger partial charge on any atom is 0.319 e. The third-order valence-electron chi connectivity index (χ3n) is 4.66. The van der Waals surface area contributed by atoms with Crippen LogP contribution in [-0.4, -0.2) is 63.5 Å². The van der Waals surface area contributed by atoms with Crippen molar-refractivity contribution >= 4 is 18.2 Å². The zero-order chi connectivity index (χ0) is 20.9.